The molecule has 8 heteroatoms. The first-order valence-electron chi connectivity index (χ1n) is 6.87. The number of carbonyl (C=O) groups is 2. The SMILES string of the molecule is COC(=O)C(C)C(C)NC(=O)C(C)CP(=O)(OC)C(C)N. The standard InChI is InChI=1S/C13H27N2O5P/c1-8(7-21(18,20-6)11(4)14)12(16)15-10(3)9(2)13(17)19-5/h8-11H,7,14H2,1-6H3,(H,15,16). The van der Waals surface area contributed by atoms with Gasteiger partial charge in [0.2, 0.25) is 13.3 Å². The fourth-order valence-corrected chi connectivity index (χ4v) is 3.50. The number of nitrogens with two attached hydrogens (primary N) is 1. The van der Waals surface area contributed by atoms with Gasteiger partial charge in [0.1, 0.15) is 0 Å². The van der Waals surface area contributed by atoms with Crippen LogP contribution in [-0.2, 0) is 23.4 Å². The van der Waals surface area contributed by atoms with E-state index in [9.17, 15) is 14.2 Å². The van der Waals surface area contributed by atoms with Gasteiger partial charge < -0.3 is 20.3 Å². The lowest BCUT2D eigenvalue weighted by Crippen LogP contribution is -2.43. The topological polar surface area (TPSA) is 108 Å². The summed E-state index contributed by atoms with van der Waals surface area (Å²) in [5, 5.41) is 2.72. The number of esters is 1. The summed E-state index contributed by atoms with van der Waals surface area (Å²) in [5.74, 6) is -2.32. The van der Waals surface area contributed by atoms with E-state index < -0.39 is 31.0 Å². The molecular formula is C13H27N2O5P. The molecule has 0 spiro atoms. The van der Waals surface area contributed by atoms with Crippen LogP contribution < -0.4 is 11.1 Å². The third-order valence-electron chi connectivity index (χ3n) is 3.60. The fraction of sp³-hybridized carbons (Fsp3) is 0.846. The van der Waals surface area contributed by atoms with Crippen molar-refractivity contribution in [1.82, 2.24) is 5.32 Å². The van der Waals surface area contributed by atoms with Gasteiger partial charge in [-0.25, -0.2) is 0 Å². The van der Waals surface area contributed by atoms with E-state index in [1.54, 1.807) is 27.7 Å². The Morgan fingerprint density at radius 2 is 1.71 bits per heavy atom. The zero-order valence-electron chi connectivity index (χ0n) is 13.6. The third kappa shape index (κ3) is 5.77. The molecule has 0 aliphatic heterocycles. The van der Waals surface area contributed by atoms with Gasteiger partial charge in [-0.2, -0.15) is 0 Å². The summed E-state index contributed by atoms with van der Waals surface area (Å²) in [4.78, 5) is 23.5. The van der Waals surface area contributed by atoms with Crippen molar-refractivity contribution < 1.29 is 23.4 Å². The highest BCUT2D eigenvalue weighted by Crippen LogP contribution is 2.50. The molecule has 0 aromatic carbocycles. The van der Waals surface area contributed by atoms with Crippen molar-refractivity contribution in [3.05, 3.63) is 0 Å². The van der Waals surface area contributed by atoms with Gasteiger partial charge in [-0.15, -0.1) is 0 Å². The predicted octanol–water partition coefficient (Wildman–Crippen LogP) is 1.17. The summed E-state index contributed by atoms with van der Waals surface area (Å²) in [5.41, 5.74) is 5.66. The van der Waals surface area contributed by atoms with Gasteiger partial charge >= 0.3 is 5.97 Å². The molecule has 0 aromatic rings. The molecule has 0 aliphatic rings. The monoisotopic (exact) mass is 322 g/mol. The van der Waals surface area contributed by atoms with E-state index in [-0.39, 0.29) is 18.1 Å². The minimum absolute atomic E-state index is 0.0618. The van der Waals surface area contributed by atoms with Crippen LogP contribution in [0.25, 0.3) is 0 Å². The Bertz CT molecular complexity index is 413. The van der Waals surface area contributed by atoms with Crippen molar-refractivity contribution >= 4 is 19.2 Å². The zero-order valence-corrected chi connectivity index (χ0v) is 14.5. The number of ether oxygens (including phenoxy) is 1. The average molecular weight is 322 g/mol. The van der Waals surface area contributed by atoms with Crippen LogP contribution in [0.5, 0.6) is 0 Å². The molecule has 7 nitrogen and oxygen atoms in total. The highest BCUT2D eigenvalue weighted by atomic mass is 31.2. The quantitative estimate of drug-likeness (QED) is 0.513. The van der Waals surface area contributed by atoms with Crippen LogP contribution in [0.4, 0.5) is 0 Å². The van der Waals surface area contributed by atoms with Crippen LogP contribution in [-0.4, -0.2) is 44.1 Å². The number of carbonyl (C=O) groups excluding carboxylic acids is 2. The molecule has 0 heterocycles. The molecule has 21 heavy (non-hydrogen) atoms. The second-order valence-electron chi connectivity index (χ2n) is 5.34. The highest BCUT2D eigenvalue weighted by molar-refractivity contribution is 7.59. The first-order chi connectivity index (χ1) is 9.58. The maximum absolute atomic E-state index is 12.4. The molecule has 0 aliphatic carbocycles. The number of rotatable bonds is 8. The normalized spacial score (nSPS) is 19.8. The molecule has 0 rings (SSSR count). The summed E-state index contributed by atoms with van der Waals surface area (Å²) in [7, 11) is -0.420. The van der Waals surface area contributed by atoms with E-state index in [1.165, 1.54) is 14.2 Å². The van der Waals surface area contributed by atoms with E-state index in [2.05, 4.69) is 10.1 Å². The Morgan fingerprint density at radius 3 is 2.10 bits per heavy atom. The molecule has 0 aromatic heterocycles. The van der Waals surface area contributed by atoms with Gasteiger partial charge in [-0.05, 0) is 20.8 Å². The number of nitrogens with one attached hydrogen (secondary N) is 1. The Hall–Kier alpha value is -0.910. The minimum atomic E-state index is -3.05. The molecule has 3 N–H and O–H groups in total. The molecule has 124 valence electrons. The van der Waals surface area contributed by atoms with Gasteiger partial charge in [0.05, 0.1) is 18.8 Å². The molecule has 0 saturated carbocycles. The van der Waals surface area contributed by atoms with Crippen molar-refractivity contribution in [2.24, 2.45) is 17.6 Å². The van der Waals surface area contributed by atoms with E-state index in [1.807, 2.05) is 0 Å². The number of amides is 1. The third-order valence-corrected chi connectivity index (χ3v) is 6.51. The largest absolute Gasteiger partial charge is 0.469 e. The van der Waals surface area contributed by atoms with Gasteiger partial charge in [-0.1, -0.05) is 6.92 Å². The summed E-state index contributed by atoms with van der Waals surface area (Å²) in [6.07, 6.45) is 0.0618. The predicted molar refractivity (Wildman–Crippen MR) is 81.1 cm³/mol. The Labute approximate surface area is 126 Å². The van der Waals surface area contributed by atoms with E-state index >= 15 is 0 Å². The zero-order chi connectivity index (χ0) is 16.8. The Balaban J connectivity index is 4.66. The van der Waals surface area contributed by atoms with Crippen molar-refractivity contribution in [2.45, 2.75) is 39.5 Å². The maximum atomic E-state index is 12.4. The number of hydrogen-bond donors (Lipinski definition) is 2. The molecule has 0 bridgehead atoms. The van der Waals surface area contributed by atoms with Crippen LogP contribution in [0.3, 0.4) is 0 Å². The second kappa shape index (κ2) is 8.51. The van der Waals surface area contributed by atoms with Crippen LogP contribution in [0, 0.1) is 11.8 Å². The maximum Gasteiger partial charge on any atom is 0.310 e. The van der Waals surface area contributed by atoms with E-state index in [0.717, 1.165) is 0 Å². The molecular weight excluding hydrogens is 295 g/mol. The average Bonchev–Trinajstić information content (AvgIpc) is 2.44. The number of methoxy groups -OCH3 is 1. The van der Waals surface area contributed by atoms with Crippen LogP contribution in [0.15, 0.2) is 0 Å². The van der Waals surface area contributed by atoms with E-state index in [4.69, 9.17) is 10.3 Å². The van der Waals surface area contributed by atoms with Crippen LogP contribution >= 0.6 is 7.37 Å². The van der Waals surface area contributed by atoms with E-state index in [0.29, 0.717) is 0 Å². The Morgan fingerprint density at radius 1 is 1.19 bits per heavy atom. The van der Waals surface area contributed by atoms with Crippen molar-refractivity contribution in [3.8, 4) is 0 Å². The highest BCUT2D eigenvalue weighted by Gasteiger charge is 2.32. The van der Waals surface area contributed by atoms with Gasteiger partial charge in [0, 0.05) is 25.2 Å². The summed E-state index contributed by atoms with van der Waals surface area (Å²) < 4.78 is 22.0. The fourth-order valence-electron chi connectivity index (χ4n) is 1.75. The molecule has 0 fully saturated rings. The lowest BCUT2D eigenvalue weighted by atomic mass is 10.0. The summed E-state index contributed by atoms with van der Waals surface area (Å²) in [6.45, 7) is 6.63. The van der Waals surface area contributed by atoms with Crippen molar-refractivity contribution in [3.63, 3.8) is 0 Å². The van der Waals surface area contributed by atoms with Gasteiger partial charge in [0.25, 0.3) is 0 Å². The molecule has 0 saturated heterocycles. The lowest BCUT2D eigenvalue weighted by Gasteiger charge is -2.25. The smallest absolute Gasteiger partial charge is 0.310 e. The second-order valence-corrected chi connectivity index (χ2v) is 8.34. The summed E-state index contributed by atoms with van der Waals surface area (Å²) >= 11 is 0. The Kier molecular flexibility index (Phi) is 8.14. The van der Waals surface area contributed by atoms with Crippen LogP contribution in [0.1, 0.15) is 27.7 Å². The molecule has 5 atom stereocenters. The summed E-state index contributed by atoms with van der Waals surface area (Å²) in [6, 6.07) is -0.385. The van der Waals surface area contributed by atoms with Gasteiger partial charge in [0.15, 0.2) is 0 Å². The number of hydrogen-bond acceptors (Lipinski definition) is 6. The molecule has 0 radical (unpaired) electrons. The molecule has 5 unspecified atom stereocenters. The lowest BCUT2D eigenvalue weighted by molar-refractivity contribution is -0.145. The molecule has 1 amide bonds. The van der Waals surface area contributed by atoms with Crippen molar-refractivity contribution in [1.29, 1.82) is 0 Å². The van der Waals surface area contributed by atoms with Crippen LogP contribution in [0.2, 0.25) is 0 Å². The van der Waals surface area contributed by atoms with Gasteiger partial charge in [-0.3, -0.25) is 14.2 Å². The first-order valence-corrected chi connectivity index (χ1v) is 8.75. The van der Waals surface area contributed by atoms with Crippen molar-refractivity contribution in [2.75, 3.05) is 20.4 Å². The first kappa shape index (κ1) is 20.1. The minimum Gasteiger partial charge on any atom is -0.469 e.